The van der Waals surface area contributed by atoms with Gasteiger partial charge in [-0.2, -0.15) is 0 Å². The highest BCUT2D eigenvalue weighted by Gasteiger charge is 2.17. The molecule has 0 N–H and O–H groups in total. The molecule has 0 fully saturated rings. The number of rotatable bonds is 5. The summed E-state index contributed by atoms with van der Waals surface area (Å²) in [6.07, 6.45) is 4.00. The first-order valence-electron chi connectivity index (χ1n) is 10.4. The quantitative estimate of drug-likeness (QED) is 0.307. The molecule has 0 bridgehead atoms. The molecule has 8 heteroatoms. The topological polar surface area (TPSA) is 60.9 Å². The molecular formula is C25H17ClN6S. The van der Waals surface area contributed by atoms with Gasteiger partial charge in [0.1, 0.15) is 5.65 Å². The van der Waals surface area contributed by atoms with Gasteiger partial charge in [0.2, 0.25) is 0 Å². The number of fused-ring (bicyclic) bond motifs is 1. The third-order valence-corrected chi connectivity index (χ3v) is 6.30. The van der Waals surface area contributed by atoms with Crippen LogP contribution in [-0.2, 0) is 6.54 Å². The second-order valence-electron chi connectivity index (χ2n) is 7.55. The Labute approximate surface area is 198 Å². The summed E-state index contributed by atoms with van der Waals surface area (Å²) in [4.78, 5) is 14.0. The highest BCUT2D eigenvalue weighted by Crippen LogP contribution is 2.29. The summed E-state index contributed by atoms with van der Waals surface area (Å²) in [6, 6.07) is 21.8. The van der Waals surface area contributed by atoms with Crippen LogP contribution < -0.4 is 0 Å². The van der Waals surface area contributed by atoms with E-state index in [1.807, 2.05) is 74.8 Å². The number of nitrogens with zero attached hydrogens (tertiary/aromatic N) is 6. The van der Waals surface area contributed by atoms with Crippen molar-refractivity contribution in [1.29, 1.82) is 0 Å². The van der Waals surface area contributed by atoms with Crippen molar-refractivity contribution in [1.82, 2.24) is 29.1 Å². The van der Waals surface area contributed by atoms with E-state index >= 15 is 0 Å². The van der Waals surface area contributed by atoms with E-state index in [-0.39, 0.29) is 0 Å². The molecule has 0 saturated carbocycles. The van der Waals surface area contributed by atoms with Crippen LogP contribution in [0, 0.1) is 0 Å². The van der Waals surface area contributed by atoms with E-state index in [4.69, 9.17) is 26.7 Å². The summed E-state index contributed by atoms with van der Waals surface area (Å²) >= 11 is 8.03. The molecule has 160 valence electrons. The summed E-state index contributed by atoms with van der Waals surface area (Å²) in [7, 11) is 0. The van der Waals surface area contributed by atoms with Gasteiger partial charge in [0.15, 0.2) is 11.6 Å². The predicted octanol–water partition coefficient (Wildman–Crippen LogP) is 6.09. The first-order chi connectivity index (χ1) is 16.2. The van der Waals surface area contributed by atoms with Gasteiger partial charge in [0.25, 0.3) is 0 Å². The van der Waals surface area contributed by atoms with Crippen LogP contribution >= 0.6 is 22.9 Å². The van der Waals surface area contributed by atoms with E-state index in [0.29, 0.717) is 17.4 Å². The SMILES string of the molecule is Clc1ccccc1-c1nc(-c2ccc(-c3cscn3)cc2)n(Cc2cn3ccccc3n2)n1. The van der Waals surface area contributed by atoms with Gasteiger partial charge in [0.05, 0.1) is 28.5 Å². The minimum absolute atomic E-state index is 0.488. The Bertz CT molecular complexity index is 1520. The van der Waals surface area contributed by atoms with Crippen molar-refractivity contribution in [2.45, 2.75) is 6.54 Å². The molecule has 4 aromatic heterocycles. The first kappa shape index (κ1) is 19.8. The molecule has 6 aromatic rings. The van der Waals surface area contributed by atoms with Crippen molar-refractivity contribution in [2.75, 3.05) is 0 Å². The number of hydrogen-bond donors (Lipinski definition) is 0. The van der Waals surface area contributed by atoms with E-state index in [1.165, 1.54) is 0 Å². The fourth-order valence-electron chi connectivity index (χ4n) is 3.78. The normalized spacial score (nSPS) is 11.3. The minimum Gasteiger partial charge on any atom is -0.307 e. The molecule has 6 rings (SSSR count). The Morgan fingerprint density at radius 2 is 1.70 bits per heavy atom. The Hall–Kier alpha value is -3.81. The Morgan fingerprint density at radius 3 is 2.48 bits per heavy atom. The van der Waals surface area contributed by atoms with Gasteiger partial charge < -0.3 is 4.40 Å². The number of aromatic nitrogens is 6. The van der Waals surface area contributed by atoms with Gasteiger partial charge in [-0.15, -0.1) is 16.4 Å². The Kier molecular flexibility index (Phi) is 4.97. The summed E-state index contributed by atoms with van der Waals surface area (Å²) in [5.74, 6) is 1.34. The van der Waals surface area contributed by atoms with E-state index in [0.717, 1.165) is 39.5 Å². The number of hydrogen-bond acceptors (Lipinski definition) is 5. The Balaban J connectivity index is 1.43. The lowest BCUT2D eigenvalue weighted by molar-refractivity contribution is 0.684. The predicted molar refractivity (Wildman–Crippen MR) is 131 cm³/mol. The average Bonchev–Trinajstić information content (AvgIpc) is 3.59. The van der Waals surface area contributed by atoms with Crippen LogP contribution in [0.3, 0.4) is 0 Å². The molecule has 0 radical (unpaired) electrons. The number of benzene rings is 2. The zero-order valence-electron chi connectivity index (χ0n) is 17.3. The van der Waals surface area contributed by atoms with Crippen molar-refractivity contribution in [3.8, 4) is 34.0 Å². The fourth-order valence-corrected chi connectivity index (χ4v) is 4.57. The van der Waals surface area contributed by atoms with E-state index in [1.54, 1.807) is 11.3 Å². The zero-order chi connectivity index (χ0) is 22.2. The van der Waals surface area contributed by atoms with E-state index in [2.05, 4.69) is 29.2 Å². The molecule has 0 aliphatic carbocycles. The lowest BCUT2D eigenvalue weighted by Crippen LogP contribution is -2.04. The maximum atomic E-state index is 6.45. The van der Waals surface area contributed by atoms with Gasteiger partial charge in [0, 0.05) is 34.5 Å². The molecular weight excluding hydrogens is 452 g/mol. The summed E-state index contributed by atoms with van der Waals surface area (Å²) < 4.78 is 3.89. The van der Waals surface area contributed by atoms with Crippen LogP contribution in [0.1, 0.15) is 5.69 Å². The van der Waals surface area contributed by atoms with E-state index < -0.39 is 0 Å². The molecule has 0 saturated heterocycles. The number of pyridine rings is 1. The molecule has 0 amide bonds. The summed E-state index contributed by atoms with van der Waals surface area (Å²) in [5.41, 5.74) is 7.43. The minimum atomic E-state index is 0.488. The van der Waals surface area contributed by atoms with Gasteiger partial charge in [-0.05, 0) is 24.3 Å². The molecule has 6 nitrogen and oxygen atoms in total. The third kappa shape index (κ3) is 3.82. The summed E-state index contributed by atoms with van der Waals surface area (Å²) in [6.45, 7) is 0.488. The van der Waals surface area contributed by atoms with Crippen molar-refractivity contribution in [3.05, 3.63) is 101 Å². The Morgan fingerprint density at radius 1 is 0.879 bits per heavy atom. The van der Waals surface area contributed by atoms with Gasteiger partial charge in [-0.25, -0.2) is 19.6 Å². The molecule has 0 spiro atoms. The third-order valence-electron chi connectivity index (χ3n) is 5.38. The molecule has 0 aliphatic heterocycles. The fraction of sp³-hybridized carbons (Fsp3) is 0.0400. The van der Waals surface area contributed by atoms with Gasteiger partial charge in [-0.1, -0.05) is 54.1 Å². The van der Waals surface area contributed by atoms with Crippen LogP contribution in [0.5, 0.6) is 0 Å². The second-order valence-corrected chi connectivity index (χ2v) is 8.67. The van der Waals surface area contributed by atoms with Crippen LogP contribution in [-0.4, -0.2) is 29.1 Å². The lowest BCUT2D eigenvalue weighted by Gasteiger charge is -2.05. The smallest absolute Gasteiger partial charge is 0.183 e. The molecule has 4 heterocycles. The molecule has 0 atom stereocenters. The van der Waals surface area contributed by atoms with E-state index in [9.17, 15) is 0 Å². The van der Waals surface area contributed by atoms with Gasteiger partial charge in [-0.3, -0.25) is 0 Å². The lowest BCUT2D eigenvalue weighted by atomic mass is 10.1. The summed E-state index contributed by atoms with van der Waals surface area (Å²) in [5, 5.41) is 7.47. The maximum Gasteiger partial charge on any atom is 0.183 e. The zero-order valence-corrected chi connectivity index (χ0v) is 18.9. The monoisotopic (exact) mass is 468 g/mol. The largest absolute Gasteiger partial charge is 0.307 e. The number of thiazole rings is 1. The van der Waals surface area contributed by atoms with Crippen LogP contribution in [0.15, 0.2) is 90.0 Å². The van der Waals surface area contributed by atoms with Crippen molar-refractivity contribution < 1.29 is 0 Å². The molecule has 0 aliphatic rings. The van der Waals surface area contributed by atoms with Gasteiger partial charge >= 0.3 is 0 Å². The van der Waals surface area contributed by atoms with Crippen LogP contribution in [0.4, 0.5) is 0 Å². The van der Waals surface area contributed by atoms with Crippen LogP contribution in [0.25, 0.3) is 39.7 Å². The van der Waals surface area contributed by atoms with Crippen molar-refractivity contribution >= 4 is 28.6 Å². The first-order valence-corrected chi connectivity index (χ1v) is 11.7. The van der Waals surface area contributed by atoms with Crippen LogP contribution in [0.2, 0.25) is 5.02 Å². The van der Waals surface area contributed by atoms with Crippen molar-refractivity contribution in [2.24, 2.45) is 0 Å². The maximum absolute atomic E-state index is 6.45. The highest BCUT2D eigenvalue weighted by atomic mass is 35.5. The second kappa shape index (κ2) is 8.27. The van der Waals surface area contributed by atoms with Crippen molar-refractivity contribution in [3.63, 3.8) is 0 Å². The average molecular weight is 469 g/mol. The number of imidazole rings is 1. The number of halogens is 1. The standard InChI is InChI=1S/C25H17ClN6S/c26-21-6-2-1-5-20(21)24-29-25(18-10-8-17(9-11-18)22-15-33-16-27-22)32(30-24)14-19-13-31-12-4-3-7-23(31)28-19/h1-13,15-16H,14H2. The molecule has 0 unspecified atom stereocenters. The highest BCUT2D eigenvalue weighted by molar-refractivity contribution is 7.07. The molecule has 2 aromatic carbocycles. The molecule has 33 heavy (non-hydrogen) atoms.